The summed E-state index contributed by atoms with van der Waals surface area (Å²) in [6, 6.07) is 0.954. The maximum Gasteiger partial charge on any atom is 0.147 e. The van der Waals surface area contributed by atoms with Crippen molar-refractivity contribution in [2.24, 2.45) is 0 Å². The molecule has 0 saturated heterocycles. The average molecular weight is 310 g/mol. The summed E-state index contributed by atoms with van der Waals surface area (Å²) in [7, 11) is -1.20. The van der Waals surface area contributed by atoms with E-state index < -0.39 is 44.7 Å². The van der Waals surface area contributed by atoms with E-state index in [0.717, 1.165) is 6.04 Å². The maximum absolute atomic E-state index is 9.73. The smallest absolute Gasteiger partial charge is 0.147 e. The molecule has 0 amide bonds. The molecule has 1 rings (SSSR count). The van der Waals surface area contributed by atoms with Gasteiger partial charge in [0.25, 0.3) is 0 Å². The van der Waals surface area contributed by atoms with Gasteiger partial charge in [-0.05, 0) is 6.04 Å². The van der Waals surface area contributed by atoms with Crippen LogP contribution in [0.3, 0.4) is 0 Å². The van der Waals surface area contributed by atoms with Crippen LogP contribution in [0.25, 0.3) is 0 Å². The first-order valence-corrected chi connectivity index (χ1v) is 10.5. The van der Waals surface area contributed by atoms with Gasteiger partial charge < -0.3 is 35.0 Å². The lowest BCUT2D eigenvalue weighted by Crippen LogP contribution is -2.64. The Kier molecular flexibility index (Phi) is 6.54. The van der Waals surface area contributed by atoms with Crippen molar-refractivity contribution in [2.45, 2.75) is 62.3 Å². The fraction of sp³-hybridized carbons (Fsp3) is 1.00. The van der Waals surface area contributed by atoms with Crippen LogP contribution in [0.4, 0.5) is 0 Å². The van der Waals surface area contributed by atoms with Crippen LogP contribution < -0.4 is 0 Å². The second-order valence-electron chi connectivity index (χ2n) is 6.42. The van der Waals surface area contributed by atoms with Crippen molar-refractivity contribution < 1.29 is 35.0 Å². The normalized spacial score (nSPS) is 39.0. The van der Waals surface area contributed by atoms with Crippen molar-refractivity contribution in [3.8, 4) is 0 Å². The molecule has 0 heterocycles. The summed E-state index contributed by atoms with van der Waals surface area (Å²) in [6.45, 7) is 6.99. The van der Waals surface area contributed by atoms with Crippen LogP contribution in [-0.4, -0.2) is 83.6 Å². The zero-order valence-corrected chi connectivity index (χ0v) is 13.1. The van der Waals surface area contributed by atoms with Crippen LogP contribution in [0.5, 0.6) is 0 Å². The fourth-order valence-corrected chi connectivity index (χ4v) is 2.71. The van der Waals surface area contributed by atoms with E-state index in [1.165, 1.54) is 0 Å². The highest BCUT2D eigenvalue weighted by Gasteiger charge is 2.48. The standard InChI is InChI=1S/C12H26O7Si/c1-20(2,3)5-4-18-6-19-12-10(16)8(14)7(13)9(15)11(12)17/h7-17H,4-6H2,1-3H3/t7?,8-,9+,10-,11-,12?/m1/s1. The molecule has 0 aromatic carbocycles. The lowest BCUT2D eigenvalue weighted by molar-refractivity contribution is -0.251. The first kappa shape index (κ1) is 18.0. The summed E-state index contributed by atoms with van der Waals surface area (Å²) in [5.41, 5.74) is 0. The minimum absolute atomic E-state index is 0.154. The molecule has 0 radical (unpaired) electrons. The summed E-state index contributed by atoms with van der Waals surface area (Å²) in [6.07, 6.45) is -8.91. The molecule has 20 heavy (non-hydrogen) atoms. The first-order chi connectivity index (χ1) is 9.15. The number of aliphatic hydroxyl groups excluding tert-OH is 5. The Bertz CT molecular complexity index is 280. The van der Waals surface area contributed by atoms with E-state index in [2.05, 4.69) is 19.6 Å². The van der Waals surface area contributed by atoms with Crippen LogP contribution in [0.15, 0.2) is 0 Å². The topological polar surface area (TPSA) is 120 Å². The summed E-state index contributed by atoms with van der Waals surface area (Å²) < 4.78 is 10.4. The summed E-state index contributed by atoms with van der Waals surface area (Å²) in [5.74, 6) is 0. The van der Waals surface area contributed by atoms with Gasteiger partial charge in [-0.3, -0.25) is 0 Å². The molecule has 6 atom stereocenters. The molecule has 5 N–H and O–H groups in total. The quantitative estimate of drug-likeness (QED) is 0.230. The molecule has 2 unspecified atom stereocenters. The molecule has 1 aliphatic carbocycles. The Hall–Kier alpha value is -0.0631. The molecule has 120 valence electrons. The van der Waals surface area contributed by atoms with Gasteiger partial charge in [0.1, 0.15) is 43.4 Å². The van der Waals surface area contributed by atoms with Gasteiger partial charge >= 0.3 is 0 Å². The molecule has 7 nitrogen and oxygen atoms in total. The molecular weight excluding hydrogens is 284 g/mol. The van der Waals surface area contributed by atoms with Gasteiger partial charge in [0, 0.05) is 14.7 Å². The minimum atomic E-state index is -1.60. The highest BCUT2D eigenvalue weighted by molar-refractivity contribution is 6.76. The summed E-state index contributed by atoms with van der Waals surface area (Å²) in [4.78, 5) is 0. The molecule has 0 aromatic rings. The Labute approximate surface area is 119 Å². The zero-order valence-electron chi connectivity index (χ0n) is 12.1. The zero-order chi connectivity index (χ0) is 15.5. The summed E-state index contributed by atoms with van der Waals surface area (Å²) in [5, 5.41) is 47.9. The van der Waals surface area contributed by atoms with Crippen LogP contribution in [-0.2, 0) is 9.47 Å². The largest absolute Gasteiger partial charge is 0.387 e. The summed E-state index contributed by atoms with van der Waals surface area (Å²) >= 11 is 0. The molecule has 0 aromatic heterocycles. The number of ether oxygens (including phenoxy) is 2. The van der Waals surface area contributed by atoms with Gasteiger partial charge in [-0.25, -0.2) is 0 Å². The van der Waals surface area contributed by atoms with Gasteiger partial charge in [0.05, 0.1) is 0 Å². The average Bonchev–Trinajstić information content (AvgIpc) is 2.36. The van der Waals surface area contributed by atoms with Crippen molar-refractivity contribution in [2.75, 3.05) is 13.4 Å². The van der Waals surface area contributed by atoms with Crippen molar-refractivity contribution in [3.63, 3.8) is 0 Å². The lowest BCUT2D eigenvalue weighted by Gasteiger charge is -2.41. The van der Waals surface area contributed by atoms with E-state index >= 15 is 0 Å². The van der Waals surface area contributed by atoms with E-state index in [1.807, 2.05) is 0 Å². The number of hydrogen-bond acceptors (Lipinski definition) is 7. The third-order valence-corrected chi connectivity index (χ3v) is 5.12. The Morgan fingerprint density at radius 2 is 1.25 bits per heavy atom. The Morgan fingerprint density at radius 1 is 0.800 bits per heavy atom. The fourth-order valence-electron chi connectivity index (χ4n) is 1.96. The van der Waals surface area contributed by atoms with E-state index in [9.17, 15) is 25.5 Å². The van der Waals surface area contributed by atoms with Gasteiger partial charge in [-0.2, -0.15) is 0 Å². The van der Waals surface area contributed by atoms with Crippen molar-refractivity contribution in [1.29, 1.82) is 0 Å². The molecule has 0 spiro atoms. The van der Waals surface area contributed by atoms with Crippen molar-refractivity contribution in [1.82, 2.24) is 0 Å². The first-order valence-electron chi connectivity index (χ1n) is 6.75. The third-order valence-electron chi connectivity index (χ3n) is 3.41. The molecule has 1 saturated carbocycles. The van der Waals surface area contributed by atoms with E-state index in [0.29, 0.717) is 6.61 Å². The minimum Gasteiger partial charge on any atom is -0.387 e. The molecule has 0 aliphatic heterocycles. The molecule has 8 heteroatoms. The van der Waals surface area contributed by atoms with Crippen molar-refractivity contribution >= 4 is 8.07 Å². The molecule has 1 aliphatic rings. The van der Waals surface area contributed by atoms with Crippen LogP contribution in [0.2, 0.25) is 25.7 Å². The SMILES string of the molecule is C[Si](C)(C)CCOCOC1[C@H](O)[C@H](O)C(O)[C@H](O)[C@H]1O. The van der Waals surface area contributed by atoms with E-state index in [1.54, 1.807) is 0 Å². The second-order valence-corrected chi connectivity index (χ2v) is 12.0. The van der Waals surface area contributed by atoms with Crippen LogP contribution >= 0.6 is 0 Å². The predicted octanol–water partition coefficient (Wildman–Crippen LogP) is -1.50. The third kappa shape index (κ3) is 4.74. The van der Waals surface area contributed by atoms with Gasteiger partial charge in [0.15, 0.2) is 0 Å². The van der Waals surface area contributed by atoms with Gasteiger partial charge in [-0.1, -0.05) is 19.6 Å². The number of hydrogen-bond donors (Lipinski definition) is 5. The Balaban J connectivity index is 2.38. The molecular formula is C12H26O7Si. The molecule has 0 bridgehead atoms. The Morgan fingerprint density at radius 3 is 1.70 bits per heavy atom. The monoisotopic (exact) mass is 310 g/mol. The second kappa shape index (κ2) is 7.28. The van der Waals surface area contributed by atoms with Crippen molar-refractivity contribution in [3.05, 3.63) is 0 Å². The number of rotatable bonds is 6. The highest BCUT2D eigenvalue weighted by atomic mass is 28.3. The lowest BCUT2D eigenvalue weighted by atomic mass is 9.85. The van der Waals surface area contributed by atoms with E-state index in [-0.39, 0.29) is 6.79 Å². The van der Waals surface area contributed by atoms with Gasteiger partial charge in [-0.15, -0.1) is 0 Å². The maximum atomic E-state index is 9.73. The van der Waals surface area contributed by atoms with Gasteiger partial charge in [0.2, 0.25) is 0 Å². The highest BCUT2D eigenvalue weighted by Crippen LogP contribution is 2.23. The van der Waals surface area contributed by atoms with E-state index in [4.69, 9.17) is 9.47 Å². The van der Waals surface area contributed by atoms with Crippen LogP contribution in [0, 0.1) is 0 Å². The predicted molar refractivity (Wildman–Crippen MR) is 73.9 cm³/mol. The number of aliphatic hydroxyl groups is 5. The van der Waals surface area contributed by atoms with Crippen LogP contribution in [0.1, 0.15) is 0 Å². The molecule has 1 fully saturated rings.